The zero-order chi connectivity index (χ0) is 16.7. The highest BCUT2D eigenvalue weighted by Gasteiger charge is 2.19. The van der Waals surface area contributed by atoms with E-state index in [9.17, 15) is 9.90 Å². The van der Waals surface area contributed by atoms with Crippen LogP contribution in [0.15, 0.2) is 17.0 Å². The van der Waals surface area contributed by atoms with Gasteiger partial charge in [-0.05, 0) is 36.3 Å². The van der Waals surface area contributed by atoms with Crippen molar-refractivity contribution in [1.82, 2.24) is 5.32 Å². The van der Waals surface area contributed by atoms with Gasteiger partial charge in [0.05, 0.1) is 14.2 Å². The van der Waals surface area contributed by atoms with Gasteiger partial charge in [0.2, 0.25) is 0 Å². The molecule has 0 saturated carbocycles. The van der Waals surface area contributed by atoms with E-state index in [1.807, 2.05) is 32.2 Å². The van der Waals surface area contributed by atoms with Gasteiger partial charge in [-0.15, -0.1) is 11.8 Å². The molecule has 0 amide bonds. The van der Waals surface area contributed by atoms with Crippen LogP contribution in [0.1, 0.15) is 25.8 Å². The Morgan fingerprint density at radius 1 is 1.27 bits per heavy atom. The number of hydrogen-bond donors (Lipinski definition) is 2. The van der Waals surface area contributed by atoms with Crippen LogP contribution in [0.4, 0.5) is 0 Å². The summed E-state index contributed by atoms with van der Waals surface area (Å²) in [4.78, 5) is 12.4. The van der Waals surface area contributed by atoms with Crippen LogP contribution in [0.25, 0.3) is 0 Å². The van der Waals surface area contributed by atoms with Gasteiger partial charge in [0, 0.05) is 11.4 Å². The Morgan fingerprint density at radius 2 is 1.86 bits per heavy atom. The monoisotopic (exact) mass is 327 g/mol. The molecule has 0 fully saturated rings. The number of nitrogens with one attached hydrogen (secondary N) is 1. The second kappa shape index (κ2) is 8.90. The molecule has 0 aliphatic rings. The van der Waals surface area contributed by atoms with Crippen molar-refractivity contribution in [3.05, 3.63) is 17.7 Å². The quantitative estimate of drug-likeness (QED) is 0.680. The van der Waals surface area contributed by atoms with E-state index in [1.54, 1.807) is 26.0 Å². The highest BCUT2D eigenvalue weighted by atomic mass is 32.2. The minimum atomic E-state index is -0.820. The van der Waals surface area contributed by atoms with E-state index in [4.69, 9.17) is 9.47 Å². The molecule has 5 nitrogen and oxygen atoms in total. The highest BCUT2D eigenvalue weighted by molar-refractivity contribution is 7.98. The summed E-state index contributed by atoms with van der Waals surface area (Å²) in [6.45, 7) is 4.50. The largest absolute Gasteiger partial charge is 0.493 e. The van der Waals surface area contributed by atoms with Crippen molar-refractivity contribution in [3.63, 3.8) is 0 Å². The first-order valence-electron chi connectivity index (χ1n) is 7.18. The van der Waals surface area contributed by atoms with Gasteiger partial charge in [0.25, 0.3) is 0 Å². The maximum absolute atomic E-state index is 11.3. The summed E-state index contributed by atoms with van der Waals surface area (Å²) in [5, 5.41) is 12.4. The number of carbonyl (C=O) groups is 1. The van der Waals surface area contributed by atoms with Gasteiger partial charge in [-0.1, -0.05) is 13.8 Å². The number of carboxylic acids is 1. The van der Waals surface area contributed by atoms with Crippen LogP contribution in [0.2, 0.25) is 0 Å². The Morgan fingerprint density at radius 3 is 2.32 bits per heavy atom. The van der Waals surface area contributed by atoms with Gasteiger partial charge >= 0.3 is 5.97 Å². The standard InChI is InChI=1S/C16H25NO4S/c1-10(2)6-12(16(18)19)17-9-11-7-13(20-3)14(21-4)8-15(11)22-5/h7-8,10,12,17H,6,9H2,1-5H3,(H,18,19)/t12-/m1/s1. The summed E-state index contributed by atoms with van der Waals surface area (Å²) in [6, 6.07) is 3.26. The molecule has 124 valence electrons. The maximum Gasteiger partial charge on any atom is 0.320 e. The molecule has 1 rings (SSSR count). The van der Waals surface area contributed by atoms with Crippen LogP contribution in [0.3, 0.4) is 0 Å². The third-order valence-corrected chi connectivity index (χ3v) is 4.15. The SMILES string of the molecule is COc1cc(CN[C@H](CC(C)C)C(=O)O)c(SC)cc1OC. The lowest BCUT2D eigenvalue weighted by atomic mass is 10.0. The number of aliphatic carboxylic acids is 1. The number of benzene rings is 1. The van der Waals surface area contributed by atoms with Crippen LogP contribution in [0.5, 0.6) is 11.5 Å². The van der Waals surface area contributed by atoms with Crippen molar-refractivity contribution >= 4 is 17.7 Å². The van der Waals surface area contributed by atoms with Crippen molar-refractivity contribution < 1.29 is 19.4 Å². The Labute approximate surface area is 136 Å². The fraction of sp³-hybridized carbons (Fsp3) is 0.562. The van der Waals surface area contributed by atoms with Crippen LogP contribution in [-0.4, -0.2) is 37.6 Å². The zero-order valence-corrected chi connectivity index (χ0v) is 14.6. The third kappa shape index (κ3) is 5.10. The average Bonchev–Trinajstić information content (AvgIpc) is 2.49. The van der Waals surface area contributed by atoms with Crippen LogP contribution in [-0.2, 0) is 11.3 Å². The number of hydrogen-bond acceptors (Lipinski definition) is 5. The topological polar surface area (TPSA) is 67.8 Å². The molecule has 22 heavy (non-hydrogen) atoms. The van der Waals surface area contributed by atoms with Gasteiger partial charge in [-0.2, -0.15) is 0 Å². The first-order chi connectivity index (χ1) is 10.4. The molecule has 0 unspecified atom stereocenters. The van der Waals surface area contributed by atoms with Gasteiger partial charge in [-0.25, -0.2) is 0 Å². The molecular formula is C16H25NO4S. The van der Waals surface area contributed by atoms with E-state index < -0.39 is 12.0 Å². The van der Waals surface area contributed by atoms with E-state index in [-0.39, 0.29) is 0 Å². The summed E-state index contributed by atoms with van der Waals surface area (Å²) >= 11 is 1.60. The van der Waals surface area contributed by atoms with Crippen molar-refractivity contribution in [2.45, 2.75) is 37.8 Å². The van der Waals surface area contributed by atoms with Crippen LogP contribution >= 0.6 is 11.8 Å². The van der Waals surface area contributed by atoms with Crippen molar-refractivity contribution in [3.8, 4) is 11.5 Å². The summed E-state index contributed by atoms with van der Waals surface area (Å²) in [5.41, 5.74) is 1.00. The molecular weight excluding hydrogens is 302 g/mol. The number of rotatable bonds is 9. The summed E-state index contributed by atoms with van der Waals surface area (Å²) in [7, 11) is 3.19. The molecule has 1 aromatic rings. The summed E-state index contributed by atoms with van der Waals surface area (Å²) in [6.07, 6.45) is 2.57. The fourth-order valence-corrected chi connectivity index (χ4v) is 2.82. The zero-order valence-electron chi connectivity index (χ0n) is 13.8. The van der Waals surface area contributed by atoms with Crippen molar-refractivity contribution in [2.75, 3.05) is 20.5 Å². The molecule has 0 aliphatic heterocycles. The number of thioether (sulfide) groups is 1. The molecule has 0 spiro atoms. The molecule has 1 aromatic carbocycles. The van der Waals surface area contributed by atoms with Gasteiger partial charge in [0.1, 0.15) is 6.04 Å². The molecule has 0 bridgehead atoms. The third-order valence-electron chi connectivity index (χ3n) is 3.33. The minimum Gasteiger partial charge on any atom is -0.493 e. The molecule has 0 saturated heterocycles. The first kappa shape index (κ1) is 18.6. The number of methoxy groups -OCH3 is 2. The predicted molar refractivity (Wildman–Crippen MR) is 89.0 cm³/mol. The van der Waals surface area contributed by atoms with Crippen molar-refractivity contribution in [1.29, 1.82) is 0 Å². The smallest absolute Gasteiger partial charge is 0.320 e. The first-order valence-corrected chi connectivity index (χ1v) is 8.40. The molecule has 0 aliphatic carbocycles. The summed E-state index contributed by atoms with van der Waals surface area (Å²) in [5.74, 6) is 0.819. The van der Waals surface area contributed by atoms with Gasteiger partial charge in [-0.3, -0.25) is 4.79 Å². The summed E-state index contributed by atoms with van der Waals surface area (Å²) < 4.78 is 10.6. The normalized spacial score (nSPS) is 12.3. The maximum atomic E-state index is 11.3. The van der Waals surface area contributed by atoms with Crippen LogP contribution < -0.4 is 14.8 Å². The van der Waals surface area contributed by atoms with E-state index in [0.29, 0.717) is 30.4 Å². The van der Waals surface area contributed by atoms with Gasteiger partial charge < -0.3 is 19.9 Å². The number of carboxylic acid groups (broad SMARTS) is 1. The second-order valence-electron chi connectivity index (χ2n) is 5.42. The lowest BCUT2D eigenvalue weighted by Crippen LogP contribution is -2.37. The average molecular weight is 327 g/mol. The van der Waals surface area contributed by atoms with E-state index in [2.05, 4.69) is 5.32 Å². The Kier molecular flexibility index (Phi) is 7.55. The molecule has 0 radical (unpaired) electrons. The molecule has 0 aromatic heterocycles. The Bertz CT molecular complexity index is 505. The minimum absolute atomic E-state index is 0.319. The Hall–Kier alpha value is -1.40. The van der Waals surface area contributed by atoms with E-state index in [0.717, 1.165) is 10.5 Å². The van der Waals surface area contributed by atoms with E-state index >= 15 is 0 Å². The lowest BCUT2D eigenvalue weighted by Gasteiger charge is -2.18. The second-order valence-corrected chi connectivity index (χ2v) is 6.27. The molecule has 6 heteroatoms. The van der Waals surface area contributed by atoms with Gasteiger partial charge in [0.15, 0.2) is 11.5 Å². The number of ether oxygens (including phenoxy) is 2. The van der Waals surface area contributed by atoms with Crippen molar-refractivity contribution in [2.24, 2.45) is 5.92 Å². The van der Waals surface area contributed by atoms with Crippen LogP contribution in [0, 0.1) is 5.92 Å². The fourth-order valence-electron chi connectivity index (χ4n) is 2.21. The lowest BCUT2D eigenvalue weighted by molar-refractivity contribution is -0.140. The molecule has 2 N–H and O–H groups in total. The predicted octanol–water partition coefficient (Wildman–Crippen LogP) is 3.01. The van der Waals surface area contributed by atoms with E-state index in [1.165, 1.54) is 0 Å². The molecule has 0 heterocycles. The molecule has 1 atom stereocenters. The highest BCUT2D eigenvalue weighted by Crippen LogP contribution is 2.34. The Balaban J connectivity index is 2.93.